The predicted molar refractivity (Wildman–Crippen MR) is 121 cm³/mol. The van der Waals surface area contributed by atoms with Crippen LogP contribution in [0.3, 0.4) is 0 Å². The average molecular weight is 430 g/mol. The average Bonchev–Trinajstić information content (AvgIpc) is 3.20. The van der Waals surface area contributed by atoms with Crippen LogP contribution in [-0.2, 0) is 21.4 Å². The molecule has 170 valence electrons. The molecule has 0 aliphatic rings. The highest BCUT2D eigenvalue weighted by Crippen LogP contribution is 2.32. The number of ether oxygens (including phenoxy) is 2. The zero-order valence-electron chi connectivity index (χ0n) is 19.7. The number of methoxy groups -OCH3 is 2. The standard InChI is InChI=1S/C25H35NO5/c1-8-25(4,5)18-9-11-21(29-6)17(14-18)15-19-10-12-22(31-19)23(27)26-20(13-16(2)3)24(28)30-7/h9-12,14,16,20H,8,13,15H2,1-7H3,(H,26,27)/t20-/m0/s1. The maximum absolute atomic E-state index is 12.6. The Kier molecular flexibility index (Phi) is 8.31. The molecule has 1 aromatic heterocycles. The fraction of sp³-hybridized carbons (Fsp3) is 0.520. The number of furan rings is 1. The summed E-state index contributed by atoms with van der Waals surface area (Å²) in [6, 6.07) is 8.90. The van der Waals surface area contributed by atoms with Crippen molar-refractivity contribution in [2.45, 2.75) is 65.3 Å². The fourth-order valence-electron chi connectivity index (χ4n) is 3.38. The van der Waals surface area contributed by atoms with Crippen LogP contribution in [0.25, 0.3) is 0 Å². The second kappa shape index (κ2) is 10.5. The Bertz CT molecular complexity index is 897. The lowest BCUT2D eigenvalue weighted by Crippen LogP contribution is -2.42. The van der Waals surface area contributed by atoms with E-state index in [2.05, 4.69) is 38.2 Å². The van der Waals surface area contributed by atoms with Crippen molar-refractivity contribution < 1.29 is 23.5 Å². The molecule has 1 amide bonds. The monoisotopic (exact) mass is 429 g/mol. The van der Waals surface area contributed by atoms with E-state index in [1.54, 1.807) is 19.2 Å². The molecule has 2 rings (SSSR count). The van der Waals surface area contributed by atoms with Crippen molar-refractivity contribution in [3.63, 3.8) is 0 Å². The third kappa shape index (κ3) is 6.36. The van der Waals surface area contributed by atoms with E-state index in [-0.39, 0.29) is 17.1 Å². The van der Waals surface area contributed by atoms with Crippen LogP contribution in [-0.4, -0.2) is 32.1 Å². The number of carbonyl (C=O) groups excluding carboxylic acids is 2. The minimum atomic E-state index is -0.709. The molecule has 0 unspecified atom stereocenters. The highest BCUT2D eigenvalue weighted by molar-refractivity contribution is 5.94. The minimum absolute atomic E-state index is 0.0501. The van der Waals surface area contributed by atoms with Gasteiger partial charge in [0.05, 0.1) is 14.2 Å². The van der Waals surface area contributed by atoms with E-state index in [9.17, 15) is 9.59 Å². The lowest BCUT2D eigenvalue weighted by Gasteiger charge is -2.24. The van der Waals surface area contributed by atoms with Gasteiger partial charge in [0, 0.05) is 12.0 Å². The Labute approximate surface area is 185 Å². The van der Waals surface area contributed by atoms with Crippen molar-refractivity contribution in [3.05, 3.63) is 53.0 Å². The number of hydrogen-bond donors (Lipinski definition) is 1. The Morgan fingerprint density at radius 1 is 1.13 bits per heavy atom. The molecular weight excluding hydrogens is 394 g/mol. The van der Waals surface area contributed by atoms with Gasteiger partial charge in [-0.05, 0) is 47.9 Å². The van der Waals surface area contributed by atoms with E-state index >= 15 is 0 Å². The first-order valence-corrected chi connectivity index (χ1v) is 10.8. The van der Waals surface area contributed by atoms with E-state index in [1.807, 2.05) is 19.9 Å². The summed E-state index contributed by atoms with van der Waals surface area (Å²) in [5, 5.41) is 2.72. The van der Waals surface area contributed by atoms with Gasteiger partial charge in [-0.3, -0.25) is 4.79 Å². The Hall–Kier alpha value is -2.76. The van der Waals surface area contributed by atoms with Crippen molar-refractivity contribution in [1.82, 2.24) is 5.32 Å². The van der Waals surface area contributed by atoms with Crippen molar-refractivity contribution in [2.75, 3.05) is 14.2 Å². The third-order valence-electron chi connectivity index (χ3n) is 5.69. The van der Waals surface area contributed by atoms with Crippen molar-refractivity contribution in [1.29, 1.82) is 0 Å². The number of esters is 1. The van der Waals surface area contributed by atoms with Crippen LogP contribution in [0.4, 0.5) is 0 Å². The van der Waals surface area contributed by atoms with Gasteiger partial charge in [0.2, 0.25) is 0 Å². The van der Waals surface area contributed by atoms with Gasteiger partial charge in [0.15, 0.2) is 5.76 Å². The molecule has 1 atom stereocenters. The largest absolute Gasteiger partial charge is 0.496 e. The smallest absolute Gasteiger partial charge is 0.328 e. The maximum Gasteiger partial charge on any atom is 0.328 e. The molecular formula is C25H35NO5. The highest BCUT2D eigenvalue weighted by atomic mass is 16.5. The first-order chi connectivity index (χ1) is 14.6. The molecule has 0 fully saturated rings. The van der Waals surface area contributed by atoms with Crippen LogP contribution in [0.15, 0.2) is 34.7 Å². The summed E-state index contributed by atoms with van der Waals surface area (Å²) in [6.45, 7) is 10.6. The molecule has 0 spiro atoms. The minimum Gasteiger partial charge on any atom is -0.496 e. The summed E-state index contributed by atoms with van der Waals surface area (Å²) in [7, 11) is 2.96. The summed E-state index contributed by atoms with van der Waals surface area (Å²) in [6.07, 6.45) is 2.00. The molecule has 31 heavy (non-hydrogen) atoms. The summed E-state index contributed by atoms with van der Waals surface area (Å²) in [4.78, 5) is 24.6. The van der Waals surface area contributed by atoms with E-state index in [4.69, 9.17) is 13.9 Å². The van der Waals surface area contributed by atoms with E-state index < -0.39 is 17.9 Å². The predicted octanol–water partition coefficient (Wildman–Crippen LogP) is 4.88. The first-order valence-electron chi connectivity index (χ1n) is 10.8. The Morgan fingerprint density at radius 2 is 1.84 bits per heavy atom. The van der Waals surface area contributed by atoms with Gasteiger partial charge in [0.25, 0.3) is 5.91 Å². The topological polar surface area (TPSA) is 77.8 Å². The summed E-state index contributed by atoms with van der Waals surface area (Å²) in [5.74, 6) is 0.915. The van der Waals surface area contributed by atoms with Gasteiger partial charge in [-0.15, -0.1) is 0 Å². The van der Waals surface area contributed by atoms with Crippen LogP contribution in [0, 0.1) is 5.92 Å². The van der Waals surface area contributed by atoms with E-state index in [0.717, 1.165) is 17.7 Å². The van der Waals surface area contributed by atoms with Crippen LogP contribution in [0.2, 0.25) is 0 Å². The second-order valence-electron chi connectivity index (χ2n) is 8.89. The lowest BCUT2D eigenvalue weighted by molar-refractivity contribution is -0.143. The van der Waals surface area contributed by atoms with Gasteiger partial charge in [-0.25, -0.2) is 4.79 Å². The molecule has 0 bridgehead atoms. The number of rotatable bonds is 10. The number of hydrogen-bond acceptors (Lipinski definition) is 5. The lowest BCUT2D eigenvalue weighted by atomic mass is 9.81. The quantitative estimate of drug-likeness (QED) is 0.545. The van der Waals surface area contributed by atoms with E-state index in [0.29, 0.717) is 18.6 Å². The number of amides is 1. The molecule has 0 radical (unpaired) electrons. The molecule has 0 saturated carbocycles. The normalized spacial score (nSPS) is 12.5. The first kappa shape index (κ1) is 24.5. The summed E-state index contributed by atoms with van der Waals surface area (Å²) < 4.78 is 16.1. The van der Waals surface area contributed by atoms with Gasteiger partial charge in [-0.1, -0.05) is 46.8 Å². The molecule has 0 saturated heterocycles. The van der Waals surface area contributed by atoms with Crippen LogP contribution in [0.5, 0.6) is 5.75 Å². The number of benzene rings is 1. The van der Waals surface area contributed by atoms with Crippen LogP contribution in [0.1, 0.15) is 74.9 Å². The van der Waals surface area contributed by atoms with Gasteiger partial charge >= 0.3 is 5.97 Å². The van der Waals surface area contributed by atoms with E-state index in [1.165, 1.54) is 12.7 Å². The molecule has 6 heteroatoms. The number of carbonyl (C=O) groups is 2. The van der Waals surface area contributed by atoms with Crippen molar-refractivity contribution in [3.8, 4) is 5.75 Å². The second-order valence-corrected chi connectivity index (χ2v) is 8.89. The molecule has 6 nitrogen and oxygen atoms in total. The molecule has 1 heterocycles. The van der Waals surface area contributed by atoms with Gasteiger partial charge in [0.1, 0.15) is 17.6 Å². The summed E-state index contributed by atoms with van der Waals surface area (Å²) in [5.41, 5.74) is 2.27. The summed E-state index contributed by atoms with van der Waals surface area (Å²) >= 11 is 0. The zero-order chi connectivity index (χ0) is 23.2. The number of nitrogens with one attached hydrogen (secondary N) is 1. The molecule has 0 aliphatic carbocycles. The third-order valence-corrected chi connectivity index (χ3v) is 5.69. The van der Waals surface area contributed by atoms with Gasteiger partial charge < -0.3 is 19.2 Å². The van der Waals surface area contributed by atoms with Gasteiger partial charge in [-0.2, -0.15) is 0 Å². The molecule has 1 N–H and O–H groups in total. The molecule has 0 aliphatic heterocycles. The van der Waals surface area contributed by atoms with Crippen molar-refractivity contribution >= 4 is 11.9 Å². The highest BCUT2D eigenvalue weighted by Gasteiger charge is 2.25. The van der Waals surface area contributed by atoms with Crippen LogP contribution >= 0.6 is 0 Å². The van der Waals surface area contributed by atoms with Crippen LogP contribution < -0.4 is 10.1 Å². The molecule has 2 aromatic rings. The fourth-order valence-corrected chi connectivity index (χ4v) is 3.38. The SMILES string of the molecule is CCC(C)(C)c1ccc(OC)c(Cc2ccc(C(=O)N[C@@H](CC(C)C)C(=O)OC)o2)c1. The Balaban J connectivity index is 2.20. The zero-order valence-corrected chi connectivity index (χ0v) is 19.7. The van der Waals surface area contributed by atoms with Crippen molar-refractivity contribution in [2.24, 2.45) is 5.92 Å². The maximum atomic E-state index is 12.6. The Morgan fingerprint density at radius 3 is 2.42 bits per heavy atom. The molecule has 1 aromatic carbocycles.